The molecular weight excluding hydrogens is 434 g/mol. The van der Waals surface area contributed by atoms with E-state index in [-0.39, 0.29) is 0 Å². The van der Waals surface area contributed by atoms with Crippen molar-refractivity contribution >= 4 is 23.9 Å². The van der Waals surface area contributed by atoms with Crippen LogP contribution in [0.15, 0.2) is 5.11 Å². The normalized spacial score (nSPS) is 25.5. The van der Waals surface area contributed by atoms with E-state index in [0.29, 0.717) is 0 Å². The van der Waals surface area contributed by atoms with Crippen molar-refractivity contribution < 1.29 is 69.9 Å². The molecule has 0 spiro atoms. The molecule has 0 bridgehead atoms. The van der Waals surface area contributed by atoms with Crippen molar-refractivity contribution in [3.05, 3.63) is 10.4 Å². The molecule has 1 fully saturated rings. The average molecular weight is 461 g/mol. The van der Waals surface area contributed by atoms with Gasteiger partial charge in [-0.15, -0.1) is 0 Å². The number of carboxylic acid groups (broad SMARTS) is 4. The van der Waals surface area contributed by atoms with E-state index >= 15 is 0 Å². The molecule has 0 saturated carbocycles. The summed E-state index contributed by atoms with van der Waals surface area (Å²) in [4.78, 5) is 38.2. The quantitative estimate of drug-likeness (QED) is 0.119. The van der Waals surface area contributed by atoms with E-state index in [9.17, 15) is 20.4 Å². The minimum absolute atomic E-state index is 0.714. The van der Waals surface area contributed by atoms with Gasteiger partial charge >= 0.3 is 0 Å². The number of aliphatic hydroxyl groups excluding tert-OH is 4. The highest BCUT2D eigenvalue weighted by Crippen LogP contribution is 2.29. The number of aliphatic hydroxyl groups is 5. The van der Waals surface area contributed by atoms with Crippen LogP contribution in [0, 0.1) is 0 Å². The van der Waals surface area contributed by atoms with Crippen LogP contribution >= 0.6 is 0 Å². The van der Waals surface area contributed by atoms with Crippen LogP contribution in [0.1, 0.15) is 27.7 Å². The number of rotatable bonds is 2. The lowest BCUT2D eigenvalue weighted by molar-refractivity contribution is -0.346. The number of carboxylic acids is 4. The third-order valence-corrected chi connectivity index (χ3v) is 2.13. The first kappa shape index (κ1) is 35.4. The van der Waals surface area contributed by atoms with E-state index in [1.165, 1.54) is 0 Å². The van der Waals surface area contributed by atoms with E-state index < -0.39 is 60.8 Å². The molecule has 1 aliphatic heterocycles. The molecule has 1 rings (SSSR count). The number of nitrogens with zero attached hydrogens (tertiary/aromatic N) is 3. The van der Waals surface area contributed by atoms with Crippen molar-refractivity contribution in [3.8, 4) is 0 Å². The van der Waals surface area contributed by atoms with Gasteiger partial charge in [-0.25, -0.2) is 0 Å². The Balaban J connectivity index is -0.000000187. The van der Waals surface area contributed by atoms with E-state index in [4.69, 9.17) is 50.2 Å². The van der Waals surface area contributed by atoms with Crippen molar-refractivity contribution in [1.29, 1.82) is 0 Å². The lowest BCUT2D eigenvalue weighted by Crippen LogP contribution is -2.64. The predicted octanol–water partition coefficient (Wildman–Crippen LogP) is -2.22. The topological polar surface area (TPSA) is 308 Å². The van der Waals surface area contributed by atoms with Gasteiger partial charge in [-0.05, 0) is 10.6 Å². The van der Waals surface area contributed by atoms with Crippen LogP contribution < -0.4 is 0 Å². The monoisotopic (exact) mass is 461 g/mol. The molecule has 0 aromatic heterocycles. The highest BCUT2D eigenvalue weighted by molar-refractivity contribution is 5.63. The summed E-state index contributed by atoms with van der Waals surface area (Å²) in [6, 6.07) is 0. The summed E-state index contributed by atoms with van der Waals surface area (Å²) in [6.07, 6.45) is -6.71. The van der Waals surface area contributed by atoms with Gasteiger partial charge in [0, 0.05) is 32.6 Å². The SMILES string of the molecule is CC(=O)O.CC(=O)O.CC(=O)O.CC(=O)O.[N-]=[N+]=N[C@@]1(O)O[C@H](CO)[C@@H](O)[C@H](O)[C@H]1O. The van der Waals surface area contributed by atoms with Gasteiger partial charge in [0.2, 0.25) is 0 Å². The molecule has 17 nitrogen and oxygen atoms in total. The van der Waals surface area contributed by atoms with E-state index in [1.807, 2.05) is 0 Å². The fourth-order valence-electron chi connectivity index (χ4n) is 1.28. The highest BCUT2D eigenvalue weighted by atomic mass is 16.7. The predicted molar refractivity (Wildman–Crippen MR) is 97.3 cm³/mol. The van der Waals surface area contributed by atoms with Crippen LogP contribution in [-0.4, -0.2) is 107 Å². The molecule has 0 aromatic rings. The molecule has 1 heterocycles. The summed E-state index contributed by atoms with van der Waals surface area (Å²) in [5, 5.41) is 78.4. The maximum absolute atomic E-state index is 9.45. The zero-order chi connectivity index (χ0) is 25.9. The van der Waals surface area contributed by atoms with Gasteiger partial charge in [0.05, 0.1) is 6.61 Å². The summed E-state index contributed by atoms with van der Waals surface area (Å²) in [5.41, 5.74) is 8.11. The molecule has 17 heteroatoms. The lowest BCUT2D eigenvalue weighted by Gasteiger charge is -2.42. The zero-order valence-electron chi connectivity index (χ0n) is 16.9. The van der Waals surface area contributed by atoms with Crippen LogP contribution in [-0.2, 0) is 23.9 Å². The van der Waals surface area contributed by atoms with E-state index in [1.54, 1.807) is 0 Å². The third-order valence-electron chi connectivity index (χ3n) is 2.13. The van der Waals surface area contributed by atoms with Crippen molar-refractivity contribution in [2.75, 3.05) is 6.61 Å². The molecule has 9 N–H and O–H groups in total. The minimum atomic E-state index is -2.69. The summed E-state index contributed by atoms with van der Waals surface area (Å²) in [6.45, 7) is 3.62. The van der Waals surface area contributed by atoms with Crippen LogP contribution in [0.3, 0.4) is 0 Å². The number of ether oxygens (including phenoxy) is 1. The number of hydrogen-bond acceptors (Lipinski definition) is 11. The molecule has 0 unspecified atom stereocenters. The summed E-state index contributed by atoms with van der Waals surface area (Å²) >= 11 is 0. The molecule has 0 amide bonds. The highest BCUT2D eigenvalue weighted by Gasteiger charge is 2.52. The Kier molecular flexibility index (Phi) is 21.6. The van der Waals surface area contributed by atoms with E-state index in [2.05, 4.69) is 14.8 Å². The summed E-state index contributed by atoms with van der Waals surface area (Å²) in [5.74, 6) is -6.03. The van der Waals surface area contributed by atoms with Crippen LogP contribution in [0.5, 0.6) is 0 Å². The number of aliphatic carboxylic acids is 4. The Morgan fingerprint density at radius 2 is 1.16 bits per heavy atom. The zero-order valence-corrected chi connectivity index (χ0v) is 16.9. The number of azide groups is 1. The lowest BCUT2D eigenvalue weighted by atomic mass is 9.97. The van der Waals surface area contributed by atoms with Crippen molar-refractivity contribution in [1.82, 2.24) is 0 Å². The molecule has 0 radical (unpaired) electrons. The Bertz CT molecular complexity index is 543. The Morgan fingerprint density at radius 3 is 1.39 bits per heavy atom. The van der Waals surface area contributed by atoms with Gasteiger partial charge in [0.15, 0.2) is 0 Å². The Morgan fingerprint density at radius 1 is 0.871 bits per heavy atom. The first-order valence-corrected chi connectivity index (χ1v) is 7.79. The molecular formula is C14H27N3O14. The average Bonchev–Trinajstić information content (AvgIpc) is 2.55. The van der Waals surface area contributed by atoms with Crippen LogP contribution in [0.4, 0.5) is 0 Å². The molecule has 0 aromatic carbocycles. The first-order valence-electron chi connectivity index (χ1n) is 7.79. The van der Waals surface area contributed by atoms with Gasteiger partial charge in [-0.1, -0.05) is 0 Å². The summed E-state index contributed by atoms with van der Waals surface area (Å²) in [7, 11) is 0. The minimum Gasteiger partial charge on any atom is -0.481 e. The largest absolute Gasteiger partial charge is 0.481 e. The summed E-state index contributed by atoms with van der Waals surface area (Å²) < 4.78 is 4.58. The molecule has 0 aliphatic carbocycles. The van der Waals surface area contributed by atoms with Crippen LogP contribution in [0.25, 0.3) is 10.4 Å². The molecule has 31 heavy (non-hydrogen) atoms. The van der Waals surface area contributed by atoms with Crippen LogP contribution in [0.2, 0.25) is 0 Å². The smallest absolute Gasteiger partial charge is 0.300 e. The first-order chi connectivity index (χ1) is 13.9. The van der Waals surface area contributed by atoms with Crippen molar-refractivity contribution in [2.24, 2.45) is 5.11 Å². The second-order valence-corrected chi connectivity index (χ2v) is 5.19. The fourth-order valence-corrected chi connectivity index (χ4v) is 1.28. The second kappa shape index (κ2) is 18.9. The molecule has 182 valence electrons. The Labute approximate surface area is 175 Å². The molecule has 5 atom stereocenters. The van der Waals surface area contributed by atoms with Crippen molar-refractivity contribution in [2.45, 2.75) is 58.0 Å². The second-order valence-electron chi connectivity index (χ2n) is 5.19. The third kappa shape index (κ3) is 24.9. The van der Waals surface area contributed by atoms with Gasteiger partial charge in [0.1, 0.15) is 24.4 Å². The van der Waals surface area contributed by atoms with E-state index in [0.717, 1.165) is 27.7 Å². The van der Waals surface area contributed by atoms with Gasteiger partial charge in [-0.3, -0.25) is 19.2 Å². The standard InChI is InChI=1S/C6H11N3O6.4C2H4O2/c7-9-8-6(14)5(13)4(12)3(11)2(1-10)15-6;4*1-2(3)4/h2-5,10-14H,1H2;4*1H3,(H,3,4)/t2-,3-,4+,5-,6+;;;;/m1..../s1. The van der Waals surface area contributed by atoms with Gasteiger partial charge in [-0.2, -0.15) is 0 Å². The number of hydrogen-bond donors (Lipinski definition) is 9. The Hall–Kier alpha value is -3.05. The molecule has 1 saturated heterocycles. The van der Waals surface area contributed by atoms with Gasteiger partial charge in [0.25, 0.3) is 29.8 Å². The van der Waals surface area contributed by atoms with Crippen molar-refractivity contribution in [3.63, 3.8) is 0 Å². The maximum atomic E-state index is 9.45. The maximum Gasteiger partial charge on any atom is 0.300 e. The van der Waals surface area contributed by atoms with Gasteiger partial charge < -0.3 is 50.7 Å². The fraction of sp³-hybridized carbons (Fsp3) is 0.714. The number of carbonyl (C=O) groups is 4. The molecule has 1 aliphatic rings.